The standard InChI is InChI=1S/C20H18N2O3S/c1-25-15-8-3-7-14(11-15)22-17(23)12-26-20(22)16-9-2-5-13-6-4-10-21(18(13)16)19(20)24/h2-3,5,7-9,11H,4,6,10,12H2,1H3/t20-/m1/s1. The van der Waals surface area contributed by atoms with Crippen LogP contribution in [0.25, 0.3) is 0 Å². The highest BCUT2D eigenvalue weighted by Crippen LogP contribution is 2.57. The fourth-order valence-electron chi connectivity index (χ4n) is 4.33. The number of ether oxygens (including phenoxy) is 1. The van der Waals surface area contributed by atoms with Crippen molar-refractivity contribution < 1.29 is 14.3 Å². The van der Waals surface area contributed by atoms with Crippen LogP contribution >= 0.6 is 11.8 Å². The first kappa shape index (κ1) is 15.8. The SMILES string of the molecule is COc1cccc(N2C(=O)CS[C@]23C(=O)N2CCCc4cccc3c42)c1. The van der Waals surface area contributed by atoms with Gasteiger partial charge in [-0.2, -0.15) is 0 Å². The number of anilines is 2. The van der Waals surface area contributed by atoms with E-state index in [1.54, 1.807) is 12.0 Å². The Bertz CT molecular complexity index is 944. The minimum Gasteiger partial charge on any atom is -0.497 e. The second-order valence-corrected chi connectivity index (χ2v) is 7.91. The number of aryl methyl sites for hydroxylation is 1. The lowest BCUT2D eigenvalue weighted by Gasteiger charge is -2.33. The maximum atomic E-state index is 13.6. The van der Waals surface area contributed by atoms with Crippen LogP contribution in [-0.4, -0.2) is 31.2 Å². The average molecular weight is 366 g/mol. The Kier molecular flexibility index (Phi) is 3.34. The van der Waals surface area contributed by atoms with E-state index < -0.39 is 4.87 Å². The molecular formula is C20H18N2O3S. The summed E-state index contributed by atoms with van der Waals surface area (Å²) in [6, 6.07) is 13.5. The molecule has 1 atom stereocenters. The number of rotatable bonds is 2. The molecule has 0 saturated carbocycles. The fourth-order valence-corrected chi connectivity index (χ4v) is 5.68. The van der Waals surface area contributed by atoms with E-state index in [4.69, 9.17) is 4.74 Å². The highest BCUT2D eigenvalue weighted by atomic mass is 32.2. The van der Waals surface area contributed by atoms with E-state index in [0.29, 0.717) is 23.7 Å². The summed E-state index contributed by atoms with van der Waals surface area (Å²) in [5.41, 5.74) is 3.85. The Labute approximate surface area is 155 Å². The molecule has 0 radical (unpaired) electrons. The molecule has 1 fully saturated rings. The summed E-state index contributed by atoms with van der Waals surface area (Å²) in [6.45, 7) is 0.714. The molecule has 0 unspecified atom stereocenters. The molecule has 0 aliphatic carbocycles. The van der Waals surface area contributed by atoms with Gasteiger partial charge in [0.15, 0.2) is 0 Å². The lowest BCUT2D eigenvalue weighted by Crippen LogP contribution is -2.50. The van der Waals surface area contributed by atoms with Crippen LogP contribution < -0.4 is 14.5 Å². The van der Waals surface area contributed by atoms with Crippen LogP contribution in [0, 0.1) is 0 Å². The lowest BCUT2D eigenvalue weighted by molar-refractivity contribution is -0.123. The number of para-hydroxylation sites is 1. The van der Waals surface area contributed by atoms with Crippen LogP contribution in [-0.2, 0) is 20.9 Å². The molecule has 0 N–H and O–H groups in total. The summed E-state index contributed by atoms with van der Waals surface area (Å²) in [4.78, 5) is 29.0. The van der Waals surface area contributed by atoms with Crippen LogP contribution in [0.1, 0.15) is 17.5 Å². The third kappa shape index (κ3) is 1.88. The van der Waals surface area contributed by atoms with Crippen molar-refractivity contribution in [3.05, 3.63) is 53.6 Å². The van der Waals surface area contributed by atoms with E-state index in [1.807, 2.05) is 41.3 Å². The van der Waals surface area contributed by atoms with Gasteiger partial charge in [-0.25, -0.2) is 0 Å². The number of methoxy groups -OCH3 is 1. The number of benzene rings is 2. The van der Waals surface area contributed by atoms with Gasteiger partial charge >= 0.3 is 0 Å². The van der Waals surface area contributed by atoms with Gasteiger partial charge in [-0.3, -0.25) is 14.5 Å². The minimum atomic E-state index is -1.00. The number of thioether (sulfide) groups is 1. The van der Waals surface area contributed by atoms with Crippen molar-refractivity contribution in [1.82, 2.24) is 0 Å². The van der Waals surface area contributed by atoms with Crippen LogP contribution in [0.2, 0.25) is 0 Å². The summed E-state index contributed by atoms with van der Waals surface area (Å²) in [5, 5.41) is 0. The zero-order valence-electron chi connectivity index (χ0n) is 14.4. The number of carbonyl (C=O) groups is 2. The topological polar surface area (TPSA) is 49.9 Å². The Hall–Kier alpha value is -2.47. The summed E-state index contributed by atoms with van der Waals surface area (Å²) in [5.74, 6) is 0.913. The Morgan fingerprint density at radius 3 is 2.85 bits per heavy atom. The largest absolute Gasteiger partial charge is 0.497 e. The van der Waals surface area contributed by atoms with Crippen molar-refractivity contribution in [2.24, 2.45) is 0 Å². The summed E-state index contributed by atoms with van der Waals surface area (Å²) in [7, 11) is 1.60. The highest BCUT2D eigenvalue weighted by molar-refractivity contribution is 8.02. The van der Waals surface area contributed by atoms with Gasteiger partial charge in [0.2, 0.25) is 10.8 Å². The fraction of sp³-hybridized carbons (Fsp3) is 0.300. The number of amides is 2. The molecule has 2 amide bonds. The molecule has 1 spiro atoms. The van der Waals surface area contributed by atoms with E-state index >= 15 is 0 Å². The van der Waals surface area contributed by atoms with Crippen LogP contribution in [0.5, 0.6) is 5.75 Å². The molecule has 0 aromatic heterocycles. The van der Waals surface area contributed by atoms with Gasteiger partial charge in [-0.15, -0.1) is 11.8 Å². The van der Waals surface area contributed by atoms with Crippen molar-refractivity contribution >= 4 is 35.0 Å². The summed E-state index contributed by atoms with van der Waals surface area (Å²) < 4.78 is 5.33. The van der Waals surface area contributed by atoms with Crippen LogP contribution in [0.15, 0.2) is 42.5 Å². The third-order valence-electron chi connectivity index (χ3n) is 5.40. The summed E-state index contributed by atoms with van der Waals surface area (Å²) in [6.07, 6.45) is 1.93. The zero-order chi connectivity index (χ0) is 17.9. The maximum absolute atomic E-state index is 13.6. The van der Waals surface area contributed by atoms with Gasteiger partial charge in [-0.05, 0) is 30.5 Å². The Balaban J connectivity index is 1.74. The molecule has 2 aromatic rings. The highest BCUT2D eigenvalue weighted by Gasteiger charge is 2.61. The van der Waals surface area contributed by atoms with Crippen molar-refractivity contribution in [2.45, 2.75) is 17.7 Å². The number of fused-ring (bicyclic) bond motifs is 1. The predicted molar refractivity (Wildman–Crippen MR) is 102 cm³/mol. The predicted octanol–water partition coefficient (Wildman–Crippen LogP) is 2.92. The van der Waals surface area contributed by atoms with Gasteiger partial charge in [0, 0.05) is 23.9 Å². The van der Waals surface area contributed by atoms with Crippen molar-refractivity contribution in [2.75, 3.05) is 29.2 Å². The molecule has 26 heavy (non-hydrogen) atoms. The van der Waals surface area contributed by atoms with E-state index in [0.717, 1.165) is 24.1 Å². The molecule has 5 rings (SSSR count). The molecule has 2 aromatic carbocycles. The smallest absolute Gasteiger partial charge is 0.268 e. The number of hydrogen-bond donors (Lipinski definition) is 0. The molecule has 6 heteroatoms. The Morgan fingerprint density at radius 1 is 1.15 bits per heavy atom. The normalized spacial score (nSPS) is 23.7. The van der Waals surface area contributed by atoms with Crippen molar-refractivity contribution in [3.8, 4) is 5.75 Å². The van der Waals surface area contributed by atoms with Crippen molar-refractivity contribution in [1.29, 1.82) is 0 Å². The van der Waals surface area contributed by atoms with Crippen LogP contribution in [0.3, 0.4) is 0 Å². The maximum Gasteiger partial charge on any atom is 0.268 e. The van der Waals surface area contributed by atoms with Gasteiger partial charge in [0.1, 0.15) is 5.75 Å². The lowest BCUT2D eigenvalue weighted by atomic mass is 9.98. The second-order valence-electron chi connectivity index (χ2n) is 6.74. The molecule has 132 valence electrons. The third-order valence-corrected chi connectivity index (χ3v) is 6.78. The van der Waals surface area contributed by atoms with E-state index in [-0.39, 0.29) is 11.8 Å². The number of nitrogens with zero attached hydrogens (tertiary/aromatic N) is 2. The van der Waals surface area contributed by atoms with Gasteiger partial charge < -0.3 is 9.64 Å². The molecule has 1 saturated heterocycles. The second kappa shape index (κ2) is 5.51. The van der Waals surface area contributed by atoms with Crippen molar-refractivity contribution in [3.63, 3.8) is 0 Å². The van der Waals surface area contributed by atoms with Gasteiger partial charge in [0.05, 0.1) is 18.6 Å². The van der Waals surface area contributed by atoms with Gasteiger partial charge in [-0.1, -0.05) is 24.3 Å². The molecule has 3 aliphatic heterocycles. The number of carbonyl (C=O) groups excluding carboxylic acids is 2. The van der Waals surface area contributed by atoms with E-state index in [9.17, 15) is 9.59 Å². The van der Waals surface area contributed by atoms with Gasteiger partial charge in [0.25, 0.3) is 5.91 Å². The first-order chi connectivity index (χ1) is 12.7. The van der Waals surface area contributed by atoms with Crippen LogP contribution in [0.4, 0.5) is 11.4 Å². The molecule has 0 bridgehead atoms. The molecule has 3 aliphatic rings. The average Bonchev–Trinajstić information content (AvgIpc) is 3.15. The quantitative estimate of drug-likeness (QED) is 0.820. The molecular weight excluding hydrogens is 348 g/mol. The zero-order valence-corrected chi connectivity index (χ0v) is 15.2. The summed E-state index contributed by atoms with van der Waals surface area (Å²) >= 11 is 1.43. The number of hydrogen-bond acceptors (Lipinski definition) is 4. The van der Waals surface area contributed by atoms with E-state index in [2.05, 4.69) is 6.07 Å². The minimum absolute atomic E-state index is 0.00156. The first-order valence-corrected chi connectivity index (χ1v) is 9.71. The van der Waals surface area contributed by atoms with E-state index in [1.165, 1.54) is 17.3 Å². The molecule has 3 heterocycles. The molecule has 5 nitrogen and oxygen atoms in total. The monoisotopic (exact) mass is 366 g/mol. The Morgan fingerprint density at radius 2 is 2.00 bits per heavy atom. The first-order valence-electron chi connectivity index (χ1n) is 8.72.